The number of rotatable bonds is 6. The zero-order valence-electron chi connectivity index (χ0n) is 10.3. The van der Waals surface area contributed by atoms with Gasteiger partial charge >= 0.3 is 0 Å². The van der Waals surface area contributed by atoms with E-state index in [9.17, 15) is 0 Å². The van der Waals surface area contributed by atoms with Gasteiger partial charge in [0.15, 0.2) is 0 Å². The molecule has 86 valence electrons. The molecular weight excluding hydrogens is 202 g/mol. The van der Waals surface area contributed by atoms with Crippen molar-refractivity contribution in [2.75, 3.05) is 6.54 Å². The number of nitrogens with one attached hydrogen (secondary N) is 1. The number of thiophene rings is 1. The van der Waals surface area contributed by atoms with Crippen LogP contribution in [-0.4, -0.2) is 12.6 Å². The van der Waals surface area contributed by atoms with Crippen LogP contribution in [0.15, 0.2) is 17.5 Å². The third-order valence-corrected chi connectivity index (χ3v) is 4.04. The zero-order valence-corrected chi connectivity index (χ0v) is 11.2. The first-order valence-corrected chi connectivity index (χ1v) is 6.71. The molecule has 1 unspecified atom stereocenters. The topological polar surface area (TPSA) is 12.0 Å². The summed E-state index contributed by atoms with van der Waals surface area (Å²) in [5.74, 6) is 0. The Morgan fingerprint density at radius 2 is 2.20 bits per heavy atom. The number of hydrogen-bond acceptors (Lipinski definition) is 2. The van der Waals surface area contributed by atoms with E-state index >= 15 is 0 Å². The van der Waals surface area contributed by atoms with Gasteiger partial charge in [-0.3, -0.25) is 0 Å². The monoisotopic (exact) mass is 225 g/mol. The molecule has 15 heavy (non-hydrogen) atoms. The van der Waals surface area contributed by atoms with Gasteiger partial charge in [0, 0.05) is 22.9 Å². The van der Waals surface area contributed by atoms with Gasteiger partial charge in [-0.15, -0.1) is 11.3 Å². The Kier molecular flexibility index (Phi) is 4.81. The lowest BCUT2D eigenvalue weighted by atomic mass is 9.91. The van der Waals surface area contributed by atoms with Crippen LogP contribution < -0.4 is 5.32 Å². The Labute approximate surface area is 97.9 Å². The van der Waals surface area contributed by atoms with Gasteiger partial charge in [-0.1, -0.05) is 33.3 Å². The van der Waals surface area contributed by atoms with Gasteiger partial charge in [0.25, 0.3) is 0 Å². The van der Waals surface area contributed by atoms with Crippen molar-refractivity contribution in [3.05, 3.63) is 22.4 Å². The molecule has 1 nitrogen and oxygen atoms in total. The summed E-state index contributed by atoms with van der Waals surface area (Å²) in [6, 6.07) is 5.00. The minimum Gasteiger partial charge on any atom is -0.313 e. The molecule has 1 aromatic rings. The van der Waals surface area contributed by atoms with Gasteiger partial charge in [-0.05, 0) is 24.8 Å². The lowest BCUT2D eigenvalue weighted by Gasteiger charge is -2.26. The normalized spacial score (nSPS) is 14.1. The van der Waals surface area contributed by atoms with Crippen molar-refractivity contribution in [2.24, 2.45) is 0 Å². The Bertz CT molecular complexity index is 264. The minimum atomic E-state index is 0.260. The second-order valence-corrected chi connectivity index (χ2v) is 5.88. The Hall–Kier alpha value is -0.340. The van der Waals surface area contributed by atoms with Crippen molar-refractivity contribution < 1.29 is 0 Å². The molecule has 1 atom stereocenters. The molecule has 0 bridgehead atoms. The molecule has 0 fully saturated rings. The molecule has 0 saturated heterocycles. The summed E-state index contributed by atoms with van der Waals surface area (Å²) >= 11 is 1.85. The standard InChI is InChI=1S/C13H23NS/c1-5-7-11(2)14-10-13(3,4)12-8-6-9-15-12/h6,8-9,11,14H,5,7,10H2,1-4H3. The predicted molar refractivity (Wildman–Crippen MR) is 69.7 cm³/mol. The third kappa shape index (κ3) is 3.96. The summed E-state index contributed by atoms with van der Waals surface area (Å²) < 4.78 is 0. The van der Waals surface area contributed by atoms with Crippen molar-refractivity contribution in [1.29, 1.82) is 0 Å². The first kappa shape index (κ1) is 12.7. The average molecular weight is 225 g/mol. The Morgan fingerprint density at radius 3 is 2.73 bits per heavy atom. The van der Waals surface area contributed by atoms with E-state index in [-0.39, 0.29) is 5.41 Å². The van der Waals surface area contributed by atoms with Crippen LogP contribution in [0.5, 0.6) is 0 Å². The van der Waals surface area contributed by atoms with E-state index in [0.717, 1.165) is 6.54 Å². The minimum absolute atomic E-state index is 0.260. The lowest BCUT2D eigenvalue weighted by Crippen LogP contribution is -2.37. The van der Waals surface area contributed by atoms with Gasteiger partial charge in [0.1, 0.15) is 0 Å². The second-order valence-electron chi connectivity index (χ2n) is 4.93. The second kappa shape index (κ2) is 5.66. The molecule has 0 radical (unpaired) electrons. The van der Waals surface area contributed by atoms with Crippen LogP contribution in [0.3, 0.4) is 0 Å². The van der Waals surface area contributed by atoms with Crippen molar-refractivity contribution in [3.63, 3.8) is 0 Å². The van der Waals surface area contributed by atoms with Crippen molar-refractivity contribution in [1.82, 2.24) is 5.32 Å². The highest BCUT2D eigenvalue weighted by Crippen LogP contribution is 2.26. The molecule has 0 amide bonds. The quantitative estimate of drug-likeness (QED) is 0.776. The van der Waals surface area contributed by atoms with E-state index in [0.29, 0.717) is 6.04 Å². The van der Waals surface area contributed by atoms with Crippen LogP contribution in [0.25, 0.3) is 0 Å². The maximum Gasteiger partial charge on any atom is 0.0115 e. The summed E-state index contributed by atoms with van der Waals surface area (Å²) in [5, 5.41) is 5.78. The van der Waals surface area contributed by atoms with Gasteiger partial charge in [-0.25, -0.2) is 0 Å². The van der Waals surface area contributed by atoms with Gasteiger partial charge in [0.2, 0.25) is 0 Å². The molecule has 1 heterocycles. The van der Waals surface area contributed by atoms with E-state index in [2.05, 4.69) is 50.5 Å². The smallest absolute Gasteiger partial charge is 0.0115 e. The van der Waals surface area contributed by atoms with Crippen molar-refractivity contribution in [2.45, 2.75) is 52.0 Å². The molecule has 0 aliphatic carbocycles. The molecule has 0 aliphatic heterocycles. The Morgan fingerprint density at radius 1 is 1.47 bits per heavy atom. The van der Waals surface area contributed by atoms with Gasteiger partial charge in [0.05, 0.1) is 0 Å². The van der Waals surface area contributed by atoms with Crippen molar-refractivity contribution in [3.8, 4) is 0 Å². The highest BCUT2D eigenvalue weighted by molar-refractivity contribution is 7.10. The molecule has 0 aromatic carbocycles. The van der Waals surface area contributed by atoms with Crippen molar-refractivity contribution >= 4 is 11.3 Å². The van der Waals surface area contributed by atoms with Crippen LogP contribution in [0.1, 0.15) is 45.4 Å². The van der Waals surface area contributed by atoms with Crippen LogP contribution in [0, 0.1) is 0 Å². The zero-order chi connectivity index (χ0) is 11.3. The third-order valence-electron chi connectivity index (χ3n) is 2.80. The van der Waals surface area contributed by atoms with Crippen LogP contribution in [-0.2, 0) is 5.41 Å². The molecule has 0 aliphatic rings. The van der Waals surface area contributed by atoms with E-state index < -0.39 is 0 Å². The predicted octanol–water partition coefficient (Wildman–Crippen LogP) is 3.80. The summed E-state index contributed by atoms with van der Waals surface area (Å²) in [7, 11) is 0. The van der Waals surface area contributed by atoms with E-state index in [1.807, 2.05) is 11.3 Å². The fourth-order valence-corrected chi connectivity index (χ4v) is 2.57. The molecule has 1 aromatic heterocycles. The fraction of sp³-hybridized carbons (Fsp3) is 0.692. The molecular formula is C13H23NS. The van der Waals surface area contributed by atoms with Gasteiger partial charge < -0.3 is 5.32 Å². The molecule has 0 saturated carbocycles. The highest BCUT2D eigenvalue weighted by Gasteiger charge is 2.21. The average Bonchev–Trinajstić information content (AvgIpc) is 2.69. The molecule has 1 N–H and O–H groups in total. The SMILES string of the molecule is CCCC(C)NCC(C)(C)c1cccs1. The molecule has 2 heteroatoms. The van der Waals surface area contributed by atoms with Crippen LogP contribution in [0.4, 0.5) is 0 Å². The van der Waals surface area contributed by atoms with E-state index in [1.54, 1.807) is 0 Å². The largest absolute Gasteiger partial charge is 0.313 e. The number of hydrogen-bond donors (Lipinski definition) is 1. The summed E-state index contributed by atoms with van der Waals surface area (Å²) in [4.78, 5) is 1.47. The first-order valence-electron chi connectivity index (χ1n) is 5.83. The summed E-state index contributed by atoms with van der Waals surface area (Å²) in [6.45, 7) is 10.2. The molecule has 1 rings (SSSR count). The maximum absolute atomic E-state index is 3.62. The van der Waals surface area contributed by atoms with Crippen LogP contribution >= 0.6 is 11.3 Å². The van der Waals surface area contributed by atoms with E-state index in [1.165, 1.54) is 17.7 Å². The summed E-state index contributed by atoms with van der Waals surface area (Å²) in [5.41, 5.74) is 0.260. The lowest BCUT2D eigenvalue weighted by molar-refractivity contribution is 0.420. The fourth-order valence-electron chi connectivity index (χ4n) is 1.72. The van der Waals surface area contributed by atoms with E-state index in [4.69, 9.17) is 0 Å². The van der Waals surface area contributed by atoms with Crippen LogP contribution in [0.2, 0.25) is 0 Å². The molecule has 0 spiro atoms. The summed E-state index contributed by atoms with van der Waals surface area (Å²) in [6.07, 6.45) is 2.52. The maximum atomic E-state index is 3.62. The first-order chi connectivity index (χ1) is 7.06. The Balaban J connectivity index is 2.43. The highest BCUT2D eigenvalue weighted by atomic mass is 32.1. The van der Waals surface area contributed by atoms with Gasteiger partial charge in [-0.2, -0.15) is 0 Å².